The monoisotopic (exact) mass is 428 g/mol. The van der Waals surface area contributed by atoms with Gasteiger partial charge in [-0.15, -0.1) is 24.8 Å². The molecule has 1 saturated heterocycles. The van der Waals surface area contributed by atoms with Gasteiger partial charge in [-0.25, -0.2) is 4.39 Å². The van der Waals surface area contributed by atoms with Gasteiger partial charge in [0.1, 0.15) is 19.0 Å². The van der Waals surface area contributed by atoms with E-state index in [1.165, 1.54) is 11.1 Å². The molecule has 6 heteroatoms. The summed E-state index contributed by atoms with van der Waals surface area (Å²) in [4.78, 5) is 5.08. The first kappa shape index (κ1) is 24.7. The van der Waals surface area contributed by atoms with Crippen LogP contribution in [0.1, 0.15) is 11.1 Å². The second-order valence-electron chi connectivity index (χ2n) is 6.81. The third kappa shape index (κ3) is 7.96. The van der Waals surface area contributed by atoms with Crippen LogP contribution in [0.2, 0.25) is 0 Å². The van der Waals surface area contributed by atoms with Crippen LogP contribution < -0.4 is 4.74 Å². The molecule has 0 aromatic heterocycles. The highest BCUT2D eigenvalue weighted by Gasteiger charge is 2.16. The molecule has 2 aromatic rings. The average Bonchev–Trinajstić information content (AvgIpc) is 2.71. The zero-order valence-electron chi connectivity index (χ0n) is 16.3. The van der Waals surface area contributed by atoms with Crippen molar-refractivity contribution in [1.29, 1.82) is 0 Å². The second kappa shape index (κ2) is 13.8. The van der Waals surface area contributed by atoms with E-state index in [4.69, 9.17) is 4.74 Å². The molecule has 0 bridgehead atoms. The van der Waals surface area contributed by atoms with Crippen molar-refractivity contribution in [3.05, 3.63) is 65.7 Å². The Labute approximate surface area is 180 Å². The van der Waals surface area contributed by atoms with Crippen LogP contribution in [-0.2, 0) is 12.8 Å². The molecule has 0 saturated carbocycles. The first-order chi connectivity index (χ1) is 12.8. The minimum atomic E-state index is -0.445. The molecule has 0 aliphatic carbocycles. The molecule has 1 heterocycles. The van der Waals surface area contributed by atoms with Gasteiger partial charge in [-0.05, 0) is 30.0 Å². The lowest BCUT2D eigenvalue weighted by molar-refractivity contribution is 0.134. The van der Waals surface area contributed by atoms with Gasteiger partial charge in [-0.3, -0.25) is 0 Å². The van der Waals surface area contributed by atoms with E-state index in [9.17, 15) is 4.39 Å². The van der Waals surface area contributed by atoms with Crippen LogP contribution in [0.15, 0.2) is 54.6 Å². The van der Waals surface area contributed by atoms with Gasteiger partial charge in [0.15, 0.2) is 0 Å². The maximum Gasteiger partial charge on any atom is 0.123 e. The Kier molecular flexibility index (Phi) is 12.2. The molecule has 1 aliphatic rings. The van der Waals surface area contributed by atoms with Gasteiger partial charge >= 0.3 is 0 Å². The largest absolute Gasteiger partial charge is 0.491 e. The summed E-state index contributed by atoms with van der Waals surface area (Å²) >= 11 is 0. The van der Waals surface area contributed by atoms with E-state index >= 15 is 0 Å². The minimum Gasteiger partial charge on any atom is -0.491 e. The van der Waals surface area contributed by atoms with Crippen molar-refractivity contribution in [2.75, 3.05) is 52.6 Å². The van der Waals surface area contributed by atoms with Crippen LogP contribution >= 0.6 is 24.8 Å². The lowest BCUT2D eigenvalue weighted by atomic mass is 10.1. The Hall–Kier alpha value is -1.33. The predicted octanol–water partition coefficient (Wildman–Crippen LogP) is 4.28. The molecule has 0 radical (unpaired) electrons. The summed E-state index contributed by atoms with van der Waals surface area (Å²) in [6.45, 7) is 6.35. The Balaban J connectivity index is 0.00000196. The van der Waals surface area contributed by atoms with Gasteiger partial charge in [-0.1, -0.05) is 48.5 Å². The number of ether oxygens (including phenoxy) is 1. The van der Waals surface area contributed by atoms with Crippen LogP contribution in [0.4, 0.5) is 4.39 Å². The van der Waals surface area contributed by atoms with Crippen molar-refractivity contribution in [2.45, 2.75) is 12.8 Å². The summed E-state index contributed by atoms with van der Waals surface area (Å²) in [6, 6.07) is 18.7. The average molecular weight is 429 g/mol. The molecule has 0 amide bonds. The smallest absolute Gasteiger partial charge is 0.123 e. The van der Waals surface area contributed by atoms with Gasteiger partial charge in [-0.2, -0.15) is 0 Å². The number of rotatable bonds is 9. The lowest BCUT2D eigenvalue weighted by Gasteiger charge is -2.34. The SMILES string of the molecule is Cl.Cl.FCCOc1ccccc1CCN1CCN(CCc2ccccc2)CC1. The van der Waals surface area contributed by atoms with Crippen molar-refractivity contribution < 1.29 is 9.13 Å². The van der Waals surface area contributed by atoms with Gasteiger partial charge in [0.25, 0.3) is 0 Å². The fraction of sp³-hybridized carbons (Fsp3) is 0.455. The molecule has 0 spiro atoms. The van der Waals surface area contributed by atoms with Crippen LogP contribution in [0, 0.1) is 0 Å². The standard InChI is InChI=1S/C22H29FN2O.2ClH/c23-12-19-26-22-9-5-4-8-21(22)11-14-25-17-15-24(16-18-25)13-10-20-6-2-1-3-7-20;;/h1-9H,10-19H2;2*1H. The molecule has 28 heavy (non-hydrogen) atoms. The van der Waals surface area contributed by atoms with E-state index in [1.54, 1.807) is 0 Å². The number of hydrogen-bond donors (Lipinski definition) is 0. The molecule has 1 fully saturated rings. The summed E-state index contributed by atoms with van der Waals surface area (Å²) in [5.41, 5.74) is 2.59. The first-order valence-corrected chi connectivity index (χ1v) is 9.60. The third-order valence-corrected chi connectivity index (χ3v) is 5.03. The van der Waals surface area contributed by atoms with Crippen LogP contribution in [0.25, 0.3) is 0 Å². The molecule has 3 nitrogen and oxygen atoms in total. The zero-order chi connectivity index (χ0) is 18.0. The van der Waals surface area contributed by atoms with E-state index < -0.39 is 6.67 Å². The summed E-state index contributed by atoms with van der Waals surface area (Å²) < 4.78 is 17.9. The van der Waals surface area contributed by atoms with Crippen LogP contribution in [0.5, 0.6) is 5.75 Å². The van der Waals surface area contributed by atoms with Gasteiger partial charge in [0.2, 0.25) is 0 Å². The number of para-hydroxylation sites is 1. The Morgan fingerprint density at radius 2 is 1.32 bits per heavy atom. The summed E-state index contributed by atoms with van der Waals surface area (Å²) in [5.74, 6) is 0.826. The van der Waals surface area contributed by atoms with Crippen LogP contribution in [-0.4, -0.2) is 62.3 Å². The molecule has 3 rings (SSSR count). The first-order valence-electron chi connectivity index (χ1n) is 9.60. The highest BCUT2D eigenvalue weighted by molar-refractivity contribution is 5.85. The minimum absolute atomic E-state index is 0. The fourth-order valence-electron chi connectivity index (χ4n) is 3.45. The van der Waals surface area contributed by atoms with Crippen molar-refractivity contribution >= 4 is 24.8 Å². The number of hydrogen-bond acceptors (Lipinski definition) is 3. The lowest BCUT2D eigenvalue weighted by Crippen LogP contribution is -2.47. The van der Waals surface area contributed by atoms with Gasteiger partial charge in [0, 0.05) is 39.3 Å². The van der Waals surface area contributed by atoms with Gasteiger partial charge < -0.3 is 14.5 Å². The van der Waals surface area contributed by atoms with Crippen molar-refractivity contribution in [1.82, 2.24) is 9.80 Å². The third-order valence-electron chi connectivity index (χ3n) is 5.03. The second-order valence-corrected chi connectivity index (χ2v) is 6.81. The van der Waals surface area contributed by atoms with E-state index in [2.05, 4.69) is 46.2 Å². The molecular formula is C22H31Cl2FN2O. The van der Waals surface area contributed by atoms with E-state index in [0.29, 0.717) is 0 Å². The molecule has 156 valence electrons. The summed E-state index contributed by atoms with van der Waals surface area (Å²) in [7, 11) is 0. The maximum absolute atomic E-state index is 12.4. The highest BCUT2D eigenvalue weighted by Crippen LogP contribution is 2.19. The quantitative estimate of drug-likeness (QED) is 0.592. The Bertz CT molecular complexity index is 652. The van der Waals surface area contributed by atoms with Crippen LogP contribution in [0.3, 0.4) is 0 Å². The van der Waals surface area contributed by atoms with E-state index in [1.807, 2.05) is 18.2 Å². The number of piperazine rings is 1. The normalized spacial score (nSPS) is 14.8. The number of nitrogens with zero attached hydrogens (tertiary/aromatic N) is 2. The Morgan fingerprint density at radius 1 is 0.750 bits per heavy atom. The molecule has 0 unspecified atom stereocenters. The van der Waals surface area contributed by atoms with Crippen molar-refractivity contribution in [3.63, 3.8) is 0 Å². The number of benzene rings is 2. The molecule has 0 N–H and O–H groups in total. The summed E-state index contributed by atoms with van der Waals surface area (Å²) in [6.07, 6.45) is 2.08. The zero-order valence-corrected chi connectivity index (χ0v) is 17.9. The topological polar surface area (TPSA) is 15.7 Å². The molecule has 2 aromatic carbocycles. The highest BCUT2D eigenvalue weighted by atomic mass is 35.5. The maximum atomic E-state index is 12.4. The predicted molar refractivity (Wildman–Crippen MR) is 119 cm³/mol. The van der Waals surface area contributed by atoms with E-state index in [0.717, 1.165) is 57.9 Å². The van der Waals surface area contributed by atoms with Crippen molar-refractivity contribution in [3.8, 4) is 5.75 Å². The summed E-state index contributed by atoms with van der Waals surface area (Å²) in [5, 5.41) is 0. The number of halogens is 3. The van der Waals surface area contributed by atoms with Crippen molar-refractivity contribution in [2.24, 2.45) is 0 Å². The molecule has 1 aliphatic heterocycles. The number of alkyl halides is 1. The molecular weight excluding hydrogens is 398 g/mol. The molecule has 0 atom stereocenters. The Morgan fingerprint density at radius 3 is 1.96 bits per heavy atom. The van der Waals surface area contributed by atoms with E-state index in [-0.39, 0.29) is 31.4 Å². The fourth-order valence-corrected chi connectivity index (χ4v) is 3.45. The van der Waals surface area contributed by atoms with Gasteiger partial charge in [0.05, 0.1) is 0 Å².